The molecule has 2 aromatic rings. The van der Waals surface area contributed by atoms with Gasteiger partial charge in [0.15, 0.2) is 0 Å². The van der Waals surface area contributed by atoms with Crippen molar-refractivity contribution in [2.45, 2.75) is 19.8 Å². The number of nitrogens with zero attached hydrogens (tertiary/aromatic N) is 3. The second-order valence-corrected chi connectivity index (χ2v) is 3.91. The van der Waals surface area contributed by atoms with Gasteiger partial charge < -0.3 is 5.73 Å². The molecule has 5 nitrogen and oxygen atoms in total. The lowest BCUT2D eigenvalue weighted by Crippen LogP contribution is -2.00. The first-order valence-corrected chi connectivity index (χ1v) is 4.92. The molecule has 0 aliphatic carbocycles. The van der Waals surface area contributed by atoms with Crippen LogP contribution >= 0.6 is 0 Å². The van der Waals surface area contributed by atoms with Crippen molar-refractivity contribution in [1.29, 1.82) is 0 Å². The highest BCUT2D eigenvalue weighted by molar-refractivity contribution is 5.68. The number of H-pyrrole nitrogens is 1. The monoisotopic (exact) mass is 205 g/mol. The number of hydrogen-bond acceptors (Lipinski definition) is 3. The van der Waals surface area contributed by atoms with Crippen LogP contribution < -0.4 is 5.73 Å². The van der Waals surface area contributed by atoms with Crippen LogP contribution in [0, 0.1) is 0 Å². The molecule has 0 bridgehead atoms. The molecule has 0 atom stereocenters. The van der Waals surface area contributed by atoms with Gasteiger partial charge in [0.1, 0.15) is 11.5 Å². The Morgan fingerprint density at radius 2 is 2.20 bits per heavy atom. The third-order valence-electron chi connectivity index (χ3n) is 2.48. The average molecular weight is 205 g/mol. The smallest absolute Gasteiger partial charge is 0.125 e. The summed E-state index contributed by atoms with van der Waals surface area (Å²) >= 11 is 0. The van der Waals surface area contributed by atoms with E-state index in [9.17, 15) is 0 Å². The molecule has 0 fully saturated rings. The van der Waals surface area contributed by atoms with E-state index in [1.54, 1.807) is 10.9 Å². The molecule has 3 N–H and O–H groups in total. The summed E-state index contributed by atoms with van der Waals surface area (Å²) in [6.07, 6.45) is 3.58. The van der Waals surface area contributed by atoms with Gasteiger partial charge in [-0.05, 0) is 5.92 Å². The molecule has 80 valence electrons. The quantitative estimate of drug-likeness (QED) is 0.780. The number of aryl methyl sites for hydroxylation is 1. The molecule has 2 aromatic heterocycles. The molecule has 5 heteroatoms. The lowest BCUT2D eigenvalue weighted by Gasteiger charge is -2.05. The zero-order chi connectivity index (χ0) is 11.0. The normalized spacial score (nSPS) is 11.2. The second-order valence-electron chi connectivity index (χ2n) is 3.91. The van der Waals surface area contributed by atoms with E-state index in [-0.39, 0.29) is 0 Å². The minimum atomic E-state index is 0.351. The van der Waals surface area contributed by atoms with Crippen molar-refractivity contribution in [1.82, 2.24) is 20.0 Å². The highest BCUT2D eigenvalue weighted by atomic mass is 15.3. The summed E-state index contributed by atoms with van der Waals surface area (Å²) in [4.78, 5) is 0. The van der Waals surface area contributed by atoms with Gasteiger partial charge in [-0.3, -0.25) is 9.78 Å². The summed E-state index contributed by atoms with van der Waals surface area (Å²) in [5, 5.41) is 11.1. The number of aromatic nitrogens is 4. The number of rotatable bonds is 2. The van der Waals surface area contributed by atoms with Gasteiger partial charge in [0, 0.05) is 24.4 Å². The minimum absolute atomic E-state index is 0.351. The number of nitrogens with two attached hydrogens (primary N) is 1. The summed E-state index contributed by atoms with van der Waals surface area (Å²) in [6, 6.07) is 0. The Labute approximate surface area is 88.3 Å². The van der Waals surface area contributed by atoms with E-state index in [1.807, 2.05) is 13.2 Å². The SMILES string of the molecule is CC(C)c1c(-c2cn[nH]c2)nn(C)c1N. The van der Waals surface area contributed by atoms with Gasteiger partial charge in [-0.15, -0.1) is 0 Å². The van der Waals surface area contributed by atoms with Crippen molar-refractivity contribution in [2.24, 2.45) is 7.05 Å². The summed E-state index contributed by atoms with van der Waals surface area (Å²) in [6.45, 7) is 4.22. The largest absolute Gasteiger partial charge is 0.384 e. The summed E-state index contributed by atoms with van der Waals surface area (Å²) in [5.74, 6) is 1.07. The Balaban J connectivity index is 2.61. The van der Waals surface area contributed by atoms with Gasteiger partial charge >= 0.3 is 0 Å². The zero-order valence-corrected chi connectivity index (χ0v) is 9.15. The van der Waals surface area contributed by atoms with E-state index >= 15 is 0 Å². The minimum Gasteiger partial charge on any atom is -0.384 e. The fraction of sp³-hybridized carbons (Fsp3) is 0.400. The van der Waals surface area contributed by atoms with E-state index in [2.05, 4.69) is 29.1 Å². The van der Waals surface area contributed by atoms with Crippen molar-refractivity contribution < 1.29 is 0 Å². The van der Waals surface area contributed by atoms with Gasteiger partial charge in [0.25, 0.3) is 0 Å². The van der Waals surface area contributed by atoms with Crippen molar-refractivity contribution in [3.05, 3.63) is 18.0 Å². The number of hydrogen-bond donors (Lipinski definition) is 2. The summed E-state index contributed by atoms with van der Waals surface area (Å²) < 4.78 is 1.71. The van der Waals surface area contributed by atoms with Crippen LogP contribution in [0.1, 0.15) is 25.3 Å². The van der Waals surface area contributed by atoms with Gasteiger partial charge in [-0.2, -0.15) is 10.2 Å². The predicted octanol–water partition coefficient (Wildman–Crippen LogP) is 1.52. The lowest BCUT2D eigenvalue weighted by molar-refractivity contribution is 0.780. The van der Waals surface area contributed by atoms with Gasteiger partial charge in [-0.25, -0.2) is 0 Å². The van der Waals surface area contributed by atoms with E-state index in [0.29, 0.717) is 5.92 Å². The zero-order valence-electron chi connectivity index (χ0n) is 9.15. The molecule has 0 saturated heterocycles. The third-order valence-corrected chi connectivity index (χ3v) is 2.48. The number of nitrogen functional groups attached to an aromatic ring is 1. The van der Waals surface area contributed by atoms with Crippen molar-refractivity contribution in [3.63, 3.8) is 0 Å². The molecule has 0 radical (unpaired) electrons. The molecule has 0 saturated carbocycles. The van der Waals surface area contributed by atoms with E-state index in [1.165, 1.54) is 0 Å². The number of anilines is 1. The van der Waals surface area contributed by atoms with Crippen molar-refractivity contribution in [3.8, 4) is 11.3 Å². The Hall–Kier alpha value is -1.78. The highest BCUT2D eigenvalue weighted by Gasteiger charge is 2.18. The van der Waals surface area contributed by atoms with Crippen molar-refractivity contribution >= 4 is 5.82 Å². The summed E-state index contributed by atoms with van der Waals surface area (Å²) in [5.41, 5.74) is 8.96. The maximum absolute atomic E-state index is 5.98. The standard InChI is InChI=1S/C10H15N5/c1-6(2)8-9(7-4-12-13-5-7)14-15(3)10(8)11/h4-6H,11H2,1-3H3,(H,12,13). The van der Waals surface area contributed by atoms with Crippen molar-refractivity contribution in [2.75, 3.05) is 5.73 Å². The fourth-order valence-electron chi connectivity index (χ4n) is 1.72. The van der Waals surface area contributed by atoms with Gasteiger partial charge in [0.05, 0.1) is 6.20 Å². The topological polar surface area (TPSA) is 72.5 Å². The Morgan fingerprint density at radius 1 is 1.47 bits per heavy atom. The maximum Gasteiger partial charge on any atom is 0.125 e. The molecule has 2 heterocycles. The van der Waals surface area contributed by atoms with Crippen LogP contribution in [0.15, 0.2) is 12.4 Å². The predicted molar refractivity (Wildman–Crippen MR) is 59.3 cm³/mol. The molecule has 2 rings (SSSR count). The molecule has 0 aliphatic rings. The molecular weight excluding hydrogens is 190 g/mol. The van der Waals surface area contributed by atoms with Crippen LogP contribution in [0.2, 0.25) is 0 Å². The van der Waals surface area contributed by atoms with Gasteiger partial charge in [0.2, 0.25) is 0 Å². The second kappa shape index (κ2) is 3.42. The van der Waals surface area contributed by atoms with Crippen LogP contribution in [0.25, 0.3) is 11.3 Å². The lowest BCUT2D eigenvalue weighted by atomic mass is 10.0. The molecule has 0 unspecified atom stereocenters. The third kappa shape index (κ3) is 1.49. The number of nitrogens with one attached hydrogen (secondary N) is 1. The Morgan fingerprint density at radius 3 is 2.73 bits per heavy atom. The van der Waals surface area contributed by atoms with E-state index in [0.717, 1.165) is 22.6 Å². The highest BCUT2D eigenvalue weighted by Crippen LogP contribution is 2.31. The van der Waals surface area contributed by atoms with E-state index in [4.69, 9.17) is 5.73 Å². The maximum atomic E-state index is 5.98. The summed E-state index contributed by atoms with van der Waals surface area (Å²) in [7, 11) is 1.85. The Bertz CT molecular complexity index is 452. The number of aromatic amines is 1. The average Bonchev–Trinajstić information content (AvgIpc) is 2.75. The molecule has 0 aliphatic heterocycles. The van der Waals surface area contributed by atoms with Crippen LogP contribution in [0.5, 0.6) is 0 Å². The van der Waals surface area contributed by atoms with Gasteiger partial charge in [-0.1, -0.05) is 13.8 Å². The van der Waals surface area contributed by atoms with Crippen LogP contribution in [-0.2, 0) is 7.05 Å². The molecule has 0 aromatic carbocycles. The first kappa shape index (κ1) is 9.76. The van der Waals surface area contributed by atoms with E-state index < -0.39 is 0 Å². The molecule has 15 heavy (non-hydrogen) atoms. The Kier molecular flexibility index (Phi) is 2.22. The molecule has 0 spiro atoms. The molecule has 0 amide bonds. The first-order chi connectivity index (χ1) is 7.11. The first-order valence-electron chi connectivity index (χ1n) is 4.92. The van der Waals surface area contributed by atoms with Crippen LogP contribution in [0.4, 0.5) is 5.82 Å². The molecular formula is C10H15N5. The van der Waals surface area contributed by atoms with Crippen LogP contribution in [0.3, 0.4) is 0 Å². The van der Waals surface area contributed by atoms with Crippen LogP contribution in [-0.4, -0.2) is 20.0 Å². The fourth-order valence-corrected chi connectivity index (χ4v) is 1.72.